The van der Waals surface area contributed by atoms with Crippen molar-refractivity contribution in [3.63, 3.8) is 0 Å². The first-order valence-corrected chi connectivity index (χ1v) is 6.82. The minimum Gasteiger partial charge on any atom is -0.478 e. The second-order valence-electron chi connectivity index (χ2n) is 4.09. The number of pyridine rings is 1. The van der Waals surface area contributed by atoms with Crippen LogP contribution in [0.2, 0.25) is 5.02 Å². The lowest BCUT2D eigenvalue weighted by Crippen LogP contribution is -2.05. The maximum absolute atomic E-state index is 11.3. The standard InChI is InChI=1S/C14H12ClNO2S/c1-8-6-12(13(14(17)18)9(2)16-8)19-11-5-3-4-10(15)7-11/h3-7H,1-2H3,(H,17,18). The largest absolute Gasteiger partial charge is 0.478 e. The van der Waals surface area contributed by atoms with Gasteiger partial charge in [-0.2, -0.15) is 0 Å². The van der Waals surface area contributed by atoms with Crippen LogP contribution in [0.1, 0.15) is 21.7 Å². The molecule has 2 aromatic rings. The zero-order valence-electron chi connectivity index (χ0n) is 10.5. The van der Waals surface area contributed by atoms with E-state index in [1.807, 2.05) is 25.1 Å². The molecule has 0 spiro atoms. The molecular weight excluding hydrogens is 282 g/mol. The van der Waals surface area contributed by atoms with Crippen LogP contribution in [0.15, 0.2) is 40.1 Å². The summed E-state index contributed by atoms with van der Waals surface area (Å²) in [5, 5.41) is 9.92. The summed E-state index contributed by atoms with van der Waals surface area (Å²) in [6, 6.07) is 9.11. The van der Waals surface area contributed by atoms with Crippen molar-refractivity contribution < 1.29 is 9.90 Å². The van der Waals surface area contributed by atoms with Crippen LogP contribution in [0.4, 0.5) is 0 Å². The summed E-state index contributed by atoms with van der Waals surface area (Å²) >= 11 is 7.31. The molecule has 2 rings (SSSR count). The van der Waals surface area contributed by atoms with Crippen LogP contribution in [0.25, 0.3) is 0 Å². The predicted molar refractivity (Wildman–Crippen MR) is 76.2 cm³/mol. The summed E-state index contributed by atoms with van der Waals surface area (Å²) in [5.74, 6) is -0.963. The van der Waals surface area contributed by atoms with E-state index in [0.717, 1.165) is 10.6 Å². The van der Waals surface area contributed by atoms with E-state index in [-0.39, 0.29) is 5.56 Å². The maximum atomic E-state index is 11.3. The fraction of sp³-hybridized carbons (Fsp3) is 0.143. The molecule has 3 nitrogen and oxygen atoms in total. The van der Waals surface area contributed by atoms with E-state index in [9.17, 15) is 9.90 Å². The Balaban J connectivity index is 2.47. The summed E-state index contributed by atoms with van der Waals surface area (Å²) in [4.78, 5) is 17.1. The Morgan fingerprint density at radius 3 is 2.68 bits per heavy atom. The minimum atomic E-state index is -0.963. The monoisotopic (exact) mass is 293 g/mol. The Morgan fingerprint density at radius 2 is 2.05 bits per heavy atom. The molecule has 0 fully saturated rings. The molecule has 98 valence electrons. The molecule has 5 heteroatoms. The van der Waals surface area contributed by atoms with Gasteiger partial charge in [-0.3, -0.25) is 4.98 Å². The second kappa shape index (κ2) is 5.63. The quantitative estimate of drug-likeness (QED) is 0.921. The zero-order valence-corrected chi connectivity index (χ0v) is 12.0. The van der Waals surface area contributed by atoms with Gasteiger partial charge in [-0.1, -0.05) is 29.4 Å². The number of hydrogen-bond donors (Lipinski definition) is 1. The first-order valence-electron chi connectivity index (χ1n) is 5.62. The third-order valence-electron chi connectivity index (χ3n) is 2.53. The average Bonchev–Trinajstić information content (AvgIpc) is 2.26. The lowest BCUT2D eigenvalue weighted by atomic mass is 10.2. The topological polar surface area (TPSA) is 50.2 Å². The molecule has 0 saturated heterocycles. The number of rotatable bonds is 3. The summed E-state index contributed by atoms with van der Waals surface area (Å²) in [6.45, 7) is 3.55. The minimum absolute atomic E-state index is 0.246. The molecule has 1 heterocycles. The Labute approximate surface area is 120 Å². The molecule has 0 aliphatic heterocycles. The molecular formula is C14H12ClNO2S. The van der Waals surface area contributed by atoms with Gasteiger partial charge >= 0.3 is 5.97 Å². The van der Waals surface area contributed by atoms with E-state index >= 15 is 0 Å². The molecule has 0 aliphatic carbocycles. The van der Waals surface area contributed by atoms with Crippen molar-refractivity contribution in [2.24, 2.45) is 0 Å². The highest BCUT2D eigenvalue weighted by atomic mass is 35.5. The van der Waals surface area contributed by atoms with Crippen molar-refractivity contribution in [2.75, 3.05) is 0 Å². The number of carboxylic acids is 1. The van der Waals surface area contributed by atoms with Crippen LogP contribution >= 0.6 is 23.4 Å². The van der Waals surface area contributed by atoms with Gasteiger partial charge in [0.15, 0.2) is 0 Å². The van der Waals surface area contributed by atoms with Gasteiger partial charge in [-0.15, -0.1) is 0 Å². The van der Waals surface area contributed by atoms with Crippen molar-refractivity contribution in [1.29, 1.82) is 0 Å². The summed E-state index contributed by atoms with van der Waals surface area (Å²) in [7, 11) is 0. The fourth-order valence-electron chi connectivity index (χ4n) is 1.79. The first-order chi connectivity index (χ1) is 8.97. The highest BCUT2D eigenvalue weighted by Gasteiger charge is 2.16. The van der Waals surface area contributed by atoms with Crippen LogP contribution in [0.3, 0.4) is 0 Å². The normalized spacial score (nSPS) is 10.5. The van der Waals surface area contributed by atoms with Crippen molar-refractivity contribution >= 4 is 29.3 Å². The molecule has 0 bridgehead atoms. The number of halogens is 1. The highest BCUT2D eigenvalue weighted by Crippen LogP contribution is 2.33. The predicted octanol–water partition coefficient (Wildman–Crippen LogP) is 4.20. The van der Waals surface area contributed by atoms with Gasteiger partial charge in [-0.25, -0.2) is 4.79 Å². The lowest BCUT2D eigenvalue weighted by molar-refractivity contribution is 0.0691. The van der Waals surface area contributed by atoms with Gasteiger partial charge in [0.05, 0.1) is 11.3 Å². The number of nitrogens with zero attached hydrogens (tertiary/aromatic N) is 1. The van der Waals surface area contributed by atoms with Gasteiger partial charge in [-0.05, 0) is 38.1 Å². The van der Waals surface area contributed by atoms with Gasteiger partial charge < -0.3 is 5.11 Å². The third kappa shape index (κ3) is 3.28. The molecule has 0 atom stereocenters. The van der Waals surface area contributed by atoms with Crippen LogP contribution in [0.5, 0.6) is 0 Å². The number of aromatic carboxylic acids is 1. The Morgan fingerprint density at radius 1 is 1.32 bits per heavy atom. The van der Waals surface area contributed by atoms with Crippen LogP contribution in [-0.4, -0.2) is 16.1 Å². The van der Waals surface area contributed by atoms with Gasteiger partial charge in [0.2, 0.25) is 0 Å². The summed E-state index contributed by atoms with van der Waals surface area (Å²) < 4.78 is 0. The second-order valence-corrected chi connectivity index (χ2v) is 5.64. The Kier molecular flexibility index (Phi) is 4.12. The van der Waals surface area contributed by atoms with E-state index in [0.29, 0.717) is 15.6 Å². The Hall–Kier alpha value is -1.52. The van der Waals surface area contributed by atoms with Gasteiger partial charge in [0, 0.05) is 20.5 Å². The van der Waals surface area contributed by atoms with Crippen molar-refractivity contribution in [2.45, 2.75) is 23.6 Å². The third-order valence-corrected chi connectivity index (χ3v) is 3.80. The number of benzene rings is 1. The van der Waals surface area contributed by atoms with Crippen molar-refractivity contribution in [3.8, 4) is 0 Å². The number of carboxylic acid groups (broad SMARTS) is 1. The van der Waals surface area contributed by atoms with E-state index in [4.69, 9.17) is 11.6 Å². The smallest absolute Gasteiger partial charge is 0.338 e. The Bertz CT molecular complexity index is 643. The number of aromatic nitrogens is 1. The molecule has 1 N–H and O–H groups in total. The number of aryl methyl sites for hydroxylation is 2. The lowest BCUT2D eigenvalue weighted by Gasteiger charge is -2.09. The SMILES string of the molecule is Cc1cc(Sc2cccc(Cl)c2)c(C(=O)O)c(C)n1. The number of carbonyl (C=O) groups is 1. The number of hydrogen-bond acceptors (Lipinski definition) is 3. The molecule has 0 saturated carbocycles. The van der Waals surface area contributed by atoms with E-state index in [2.05, 4.69) is 4.98 Å². The fourth-order valence-corrected chi connectivity index (χ4v) is 3.20. The van der Waals surface area contributed by atoms with Crippen LogP contribution in [0, 0.1) is 13.8 Å². The summed E-state index contributed by atoms with van der Waals surface area (Å²) in [6.07, 6.45) is 0. The first kappa shape index (κ1) is 13.9. The molecule has 1 aromatic carbocycles. The summed E-state index contributed by atoms with van der Waals surface area (Å²) in [5.41, 5.74) is 1.57. The average molecular weight is 294 g/mol. The molecule has 1 aromatic heterocycles. The molecule has 0 amide bonds. The van der Waals surface area contributed by atoms with Gasteiger partial charge in [0.25, 0.3) is 0 Å². The van der Waals surface area contributed by atoms with Gasteiger partial charge in [0.1, 0.15) is 0 Å². The molecule has 0 aliphatic rings. The molecule has 0 unspecified atom stereocenters. The maximum Gasteiger partial charge on any atom is 0.338 e. The molecule has 0 radical (unpaired) electrons. The van der Waals surface area contributed by atoms with Crippen LogP contribution < -0.4 is 0 Å². The van der Waals surface area contributed by atoms with E-state index in [1.54, 1.807) is 19.1 Å². The van der Waals surface area contributed by atoms with E-state index in [1.165, 1.54) is 11.8 Å². The van der Waals surface area contributed by atoms with Crippen LogP contribution in [-0.2, 0) is 0 Å². The van der Waals surface area contributed by atoms with E-state index < -0.39 is 5.97 Å². The zero-order chi connectivity index (χ0) is 14.0. The molecule has 19 heavy (non-hydrogen) atoms. The highest BCUT2D eigenvalue weighted by molar-refractivity contribution is 7.99. The van der Waals surface area contributed by atoms with Crippen molar-refractivity contribution in [3.05, 3.63) is 52.3 Å². The van der Waals surface area contributed by atoms with Crippen molar-refractivity contribution in [1.82, 2.24) is 4.98 Å².